The lowest BCUT2D eigenvalue weighted by Crippen LogP contribution is -2.18. The highest BCUT2D eigenvalue weighted by atomic mass is 19.4. The fraction of sp³-hybridized carbons (Fsp3) is 0.571. The zero-order valence-electron chi connectivity index (χ0n) is 11.1. The number of halogens is 4. The maximum absolute atomic E-state index is 12.9. The topological polar surface area (TPSA) is 32.3 Å². The Hall–Kier alpha value is -1.14. The molecule has 0 unspecified atom stereocenters. The molecule has 114 valence electrons. The molecule has 1 aromatic carbocycles. The number of benzene rings is 1. The van der Waals surface area contributed by atoms with Gasteiger partial charge in [-0.2, -0.15) is 13.2 Å². The average molecular weight is 293 g/mol. The lowest BCUT2D eigenvalue weighted by molar-refractivity contribution is -0.138. The highest BCUT2D eigenvalue weighted by Gasteiger charge is 2.33. The first-order chi connectivity index (χ1) is 9.45. The molecule has 6 heteroatoms. The Morgan fingerprint density at radius 2 is 1.75 bits per heavy atom. The smallest absolute Gasteiger partial charge is 0.396 e. The number of rotatable bonds is 8. The third kappa shape index (κ3) is 5.88. The number of hydrogen-bond donors (Lipinski definition) is 2. The van der Waals surface area contributed by atoms with E-state index in [9.17, 15) is 17.6 Å². The minimum absolute atomic E-state index is 0.0502. The van der Waals surface area contributed by atoms with Gasteiger partial charge in [0.25, 0.3) is 0 Å². The quantitative estimate of drug-likeness (QED) is 0.568. The molecular weight excluding hydrogens is 274 g/mol. The number of aliphatic hydroxyl groups excluding tert-OH is 1. The maximum Gasteiger partial charge on any atom is 0.416 e. The standard InChI is InChI=1S/C14H19F4NO/c15-12-6-5-11(13(9-12)14(16,17)18)10-19-7-3-1-2-4-8-20/h5-6,9,19-20H,1-4,7-8,10H2. The molecule has 0 aromatic heterocycles. The van der Waals surface area contributed by atoms with Crippen LogP contribution in [-0.2, 0) is 12.7 Å². The van der Waals surface area contributed by atoms with E-state index < -0.39 is 17.6 Å². The summed E-state index contributed by atoms with van der Waals surface area (Å²) in [7, 11) is 0. The van der Waals surface area contributed by atoms with Crippen LogP contribution in [0.5, 0.6) is 0 Å². The first kappa shape index (κ1) is 16.9. The molecule has 0 aliphatic heterocycles. The average Bonchev–Trinajstić information content (AvgIpc) is 2.38. The van der Waals surface area contributed by atoms with Crippen LogP contribution in [0.15, 0.2) is 18.2 Å². The Morgan fingerprint density at radius 1 is 1.05 bits per heavy atom. The van der Waals surface area contributed by atoms with Crippen LogP contribution in [0.25, 0.3) is 0 Å². The summed E-state index contributed by atoms with van der Waals surface area (Å²) >= 11 is 0. The zero-order chi connectivity index (χ0) is 15.0. The van der Waals surface area contributed by atoms with Crippen molar-refractivity contribution < 1.29 is 22.7 Å². The Kier molecular flexibility index (Phi) is 6.95. The van der Waals surface area contributed by atoms with E-state index >= 15 is 0 Å². The first-order valence-electron chi connectivity index (χ1n) is 6.62. The van der Waals surface area contributed by atoms with E-state index in [1.807, 2.05) is 0 Å². The highest BCUT2D eigenvalue weighted by molar-refractivity contribution is 5.30. The van der Waals surface area contributed by atoms with Crippen LogP contribution >= 0.6 is 0 Å². The van der Waals surface area contributed by atoms with Gasteiger partial charge >= 0.3 is 6.18 Å². The number of hydrogen-bond acceptors (Lipinski definition) is 2. The monoisotopic (exact) mass is 293 g/mol. The second-order valence-corrected chi connectivity index (χ2v) is 4.61. The summed E-state index contributed by atoms with van der Waals surface area (Å²) < 4.78 is 51.1. The van der Waals surface area contributed by atoms with Crippen LogP contribution in [-0.4, -0.2) is 18.3 Å². The van der Waals surface area contributed by atoms with Crippen molar-refractivity contribution in [1.29, 1.82) is 0 Å². The number of aliphatic hydroxyl groups is 1. The van der Waals surface area contributed by atoms with Crippen LogP contribution in [0.3, 0.4) is 0 Å². The van der Waals surface area contributed by atoms with Gasteiger partial charge in [0, 0.05) is 13.2 Å². The fourth-order valence-electron chi connectivity index (χ4n) is 1.91. The molecule has 0 amide bonds. The lowest BCUT2D eigenvalue weighted by Gasteiger charge is -2.13. The van der Waals surface area contributed by atoms with E-state index in [-0.39, 0.29) is 18.7 Å². The van der Waals surface area contributed by atoms with Crippen molar-refractivity contribution in [2.75, 3.05) is 13.2 Å². The summed E-state index contributed by atoms with van der Waals surface area (Å²) in [6, 6.07) is 2.72. The van der Waals surface area contributed by atoms with Crippen LogP contribution in [0, 0.1) is 5.82 Å². The second-order valence-electron chi connectivity index (χ2n) is 4.61. The Labute approximate surface area is 115 Å². The van der Waals surface area contributed by atoms with Gasteiger partial charge in [-0.3, -0.25) is 0 Å². The van der Waals surface area contributed by atoms with Crippen LogP contribution in [0.2, 0.25) is 0 Å². The molecule has 0 spiro atoms. The third-order valence-electron chi connectivity index (χ3n) is 2.95. The molecule has 0 saturated heterocycles. The van der Waals surface area contributed by atoms with Gasteiger partial charge in [-0.25, -0.2) is 4.39 Å². The Balaban J connectivity index is 2.44. The van der Waals surface area contributed by atoms with Gasteiger partial charge in [0.05, 0.1) is 5.56 Å². The second kappa shape index (κ2) is 8.21. The molecule has 1 rings (SSSR count). The van der Waals surface area contributed by atoms with E-state index in [2.05, 4.69) is 5.32 Å². The molecule has 0 atom stereocenters. The SMILES string of the molecule is OCCCCCCNCc1ccc(F)cc1C(F)(F)F. The first-order valence-corrected chi connectivity index (χ1v) is 6.62. The van der Waals surface area contributed by atoms with Gasteiger partial charge in [0.2, 0.25) is 0 Å². The summed E-state index contributed by atoms with van der Waals surface area (Å²) in [6.45, 7) is 0.827. The zero-order valence-corrected chi connectivity index (χ0v) is 11.1. The predicted molar refractivity (Wildman–Crippen MR) is 68.7 cm³/mol. The molecule has 0 fully saturated rings. The van der Waals surface area contributed by atoms with E-state index in [1.54, 1.807) is 0 Å². The van der Waals surface area contributed by atoms with E-state index in [0.717, 1.165) is 37.8 Å². The normalized spacial score (nSPS) is 11.8. The Morgan fingerprint density at radius 3 is 2.40 bits per heavy atom. The summed E-state index contributed by atoms with van der Waals surface area (Å²) in [5, 5.41) is 11.5. The maximum atomic E-state index is 12.9. The molecule has 0 saturated carbocycles. The molecule has 0 heterocycles. The van der Waals surface area contributed by atoms with E-state index in [4.69, 9.17) is 5.11 Å². The van der Waals surface area contributed by atoms with Crippen LogP contribution in [0.4, 0.5) is 17.6 Å². The third-order valence-corrected chi connectivity index (χ3v) is 2.95. The van der Waals surface area contributed by atoms with Gasteiger partial charge in [0.15, 0.2) is 0 Å². The lowest BCUT2D eigenvalue weighted by atomic mass is 10.1. The molecule has 0 bridgehead atoms. The minimum Gasteiger partial charge on any atom is -0.396 e. The molecule has 0 aliphatic carbocycles. The summed E-state index contributed by atoms with van der Waals surface area (Å²) in [5.41, 5.74) is -0.875. The van der Waals surface area contributed by atoms with Crippen molar-refractivity contribution in [3.63, 3.8) is 0 Å². The largest absolute Gasteiger partial charge is 0.416 e. The van der Waals surface area contributed by atoms with Crippen molar-refractivity contribution in [3.8, 4) is 0 Å². The van der Waals surface area contributed by atoms with Crippen molar-refractivity contribution >= 4 is 0 Å². The molecule has 2 nitrogen and oxygen atoms in total. The Bertz CT molecular complexity index is 407. The minimum atomic E-state index is -4.54. The molecule has 2 N–H and O–H groups in total. The fourth-order valence-corrected chi connectivity index (χ4v) is 1.91. The number of unbranched alkanes of at least 4 members (excludes halogenated alkanes) is 3. The van der Waals surface area contributed by atoms with Gasteiger partial charge in [-0.1, -0.05) is 18.9 Å². The van der Waals surface area contributed by atoms with Crippen molar-refractivity contribution in [2.45, 2.75) is 38.4 Å². The predicted octanol–water partition coefficient (Wildman–Crippen LogP) is 3.49. The van der Waals surface area contributed by atoms with Crippen molar-refractivity contribution in [3.05, 3.63) is 35.1 Å². The molecule has 1 aromatic rings. The molecule has 20 heavy (non-hydrogen) atoms. The van der Waals surface area contributed by atoms with Crippen LogP contribution in [0.1, 0.15) is 36.8 Å². The van der Waals surface area contributed by atoms with E-state index in [1.165, 1.54) is 0 Å². The molecular formula is C14H19F4NO. The number of alkyl halides is 3. The van der Waals surface area contributed by atoms with Crippen molar-refractivity contribution in [2.24, 2.45) is 0 Å². The van der Waals surface area contributed by atoms with E-state index in [0.29, 0.717) is 12.6 Å². The molecule has 0 radical (unpaired) electrons. The summed E-state index contributed by atoms with van der Waals surface area (Å²) in [4.78, 5) is 0. The highest BCUT2D eigenvalue weighted by Crippen LogP contribution is 2.32. The van der Waals surface area contributed by atoms with Gasteiger partial charge < -0.3 is 10.4 Å². The van der Waals surface area contributed by atoms with Gasteiger partial charge in [-0.15, -0.1) is 0 Å². The molecule has 0 aliphatic rings. The van der Waals surface area contributed by atoms with Gasteiger partial charge in [-0.05, 0) is 37.1 Å². The summed E-state index contributed by atoms with van der Waals surface area (Å²) in [6.07, 6.45) is -1.13. The van der Waals surface area contributed by atoms with Gasteiger partial charge in [0.1, 0.15) is 5.82 Å². The summed E-state index contributed by atoms with van der Waals surface area (Å²) in [5.74, 6) is -0.884. The number of nitrogens with one attached hydrogen (secondary N) is 1. The van der Waals surface area contributed by atoms with Crippen molar-refractivity contribution in [1.82, 2.24) is 5.32 Å². The van der Waals surface area contributed by atoms with Crippen LogP contribution < -0.4 is 5.32 Å².